The predicted molar refractivity (Wildman–Crippen MR) is 156 cm³/mol. The molecule has 0 saturated carbocycles. The Bertz CT molecular complexity index is 586. The maximum Gasteiger partial charge on any atom is 0.325 e. The quantitative estimate of drug-likeness (QED) is 0.140. The highest BCUT2D eigenvalue weighted by Crippen LogP contribution is 2.38. The summed E-state index contributed by atoms with van der Waals surface area (Å²) in [5.74, 6) is 0.765. The lowest BCUT2D eigenvalue weighted by Gasteiger charge is -2.50. The Morgan fingerprint density at radius 3 is 2.00 bits per heavy atom. The standard InChI is InChI=1S/C32H63NO4/c1-9-25-36-32(7,8)27-35-26-18-21-28(10-2)20-16-14-12-11-13-15-17-22-29(34)37-33-30(3,4)23-19-24-31(33,5)6/h28H,9-27H2,1-8H3. The van der Waals surface area contributed by atoms with E-state index in [1.165, 1.54) is 57.8 Å². The molecule has 1 rings (SSSR count). The molecule has 1 atom stereocenters. The molecule has 1 unspecified atom stereocenters. The predicted octanol–water partition coefficient (Wildman–Crippen LogP) is 9.03. The maximum absolute atomic E-state index is 12.5. The van der Waals surface area contributed by atoms with Gasteiger partial charge in [0.25, 0.3) is 0 Å². The zero-order chi connectivity index (χ0) is 27.8. The van der Waals surface area contributed by atoms with Gasteiger partial charge in [0.1, 0.15) is 0 Å². The Kier molecular flexibility index (Phi) is 16.6. The van der Waals surface area contributed by atoms with Crippen molar-refractivity contribution in [2.24, 2.45) is 5.92 Å². The van der Waals surface area contributed by atoms with Crippen LogP contribution in [0.4, 0.5) is 0 Å². The number of unbranched alkanes of at least 4 members (excludes halogenated alkanes) is 6. The average Bonchev–Trinajstić information content (AvgIpc) is 2.82. The molecule has 1 saturated heterocycles. The first-order valence-corrected chi connectivity index (χ1v) is 15.7. The molecule has 1 heterocycles. The number of nitrogens with zero attached hydrogens (tertiary/aromatic N) is 1. The van der Waals surface area contributed by atoms with Gasteiger partial charge in [-0.25, -0.2) is 0 Å². The van der Waals surface area contributed by atoms with Crippen molar-refractivity contribution >= 4 is 5.97 Å². The molecule has 1 aliphatic rings. The molecule has 0 aromatic carbocycles. The van der Waals surface area contributed by atoms with E-state index < -0.39 is 0 Å². The van der Waals surface area contributed by atoms with Crippen LogP contribution in [0.1, 0.15) is 158 Å². The third-order valence-electron chi connectivity index (χ3n) is 7.99. The largest absolute Gasteiger partial charge is 0.378 e. The molecule has 1 aliphatic heterocycles. The van der Waals surface area contributed by atoms with E-state index in [0.717, 1.165) is 57.7 Å². The minimum Gasteiger partial charge on any atom is -0.378 e. The van der Waals surface area contributed by atoms with E-state index in [-0.39, 0.29) is 22.6 Å². The monoisotopic (exact) mass is 525 g/mol. The second-order valence-corrected chi connectivity index (χ2v) is 13.3. The van der Waals surface area contributed by atoms with Gasteiger partial charge in [0.05, 0.1) is 23.3 Å². The molecule has 1 fully saturated rings. The molecule has 0 radical (unpaired) electrons. The van der Waals surface area contributed by atoms with Gasteiger partial charge < -0.3 is 14.3 Å². The Morgan fingerprint density at radius 1 is 0.838 bits per heavy atom. The number of carbonyl (C=O) groups excluding carboxylic acids is 1. The molecule has 0 bridgehead atoms. The molecular weight excluding hydrogens is 462 g/mol. The summed E-state index contributed by atoms with van der Waals surface area (Å²) < 4.78 is 11.7. The zero-order valence-electron chi connectivity index (χ0n) is 26.1. The van der Waals surface area contributed by atoms with Crippen LogP contribution in [-0.2, 0) is 19.1 Å². The van der Waals surface area contributed by atoms with Crippen molar-refractivity contribution in [1.29, 1.82) is 0 Å². The molecule has 220 valence electrons. The number of ether oxygens (including phenoxy) is 2. The summed E-state index contributed by atoms with van der Waals surface area (Å²) in [5, 5.41) is 1.98. The third kappa shape index (κ3) is 14.9. The maximum atomic E-state index is 12.5. The van der Waals surface area contributed by atoms with Gasteiger partial charge in [-0.2, -0.15) is 0 Å². The Labute approximate surface area is 230 Å². The first-order valence-electron chi connectivity index (χ1n) is 15.7. The normalized spacial score (nSPS) is 18.6. The van der Waals surface area contributed by atoms with Crippen LogP contribution < -0.4 is 0 Å². The molecule has 0 aromatic heterocycles. The molecule has 5 nitrogen and oxygen atoms in total. The average molecular weight is 526 g/mol. The van der Waals surface area contributed by atoms with Gasteiger partial charge in [-0.05, 0) is 92.4 Å². The van der Waals surface area contributed by atoms with E-state index in [1.54, 1.807) is 0 Å². The second kappa shape index (κ2) is 17.8. The highest BCUT2D eigenvalue weighted by molar-refractivity contribution is 5.69. The van der Waals surface area contributed by atoms with Gasteiger partial charge in [0.2, 0.25) is 0 Å². The summed E-state index contributed by atoms with van der Waals surface area (Å²) in [5.41, 5.74) is -0.337. The van der Waals surface area contributed by atoms with Gasteiger partial charge in [-0.15, -0.1) is 5.06 Å². The highest BCUT2D eigenvalue weighted by Gasteiger charge is 2.44. The van der Waals surface area contributed by atoms with Crippen LogP contribution in [-0.4, -0.2) is 47.5 Å². The molecule has 5 heteroatoms. The molecule has 0 N–H and O–H groups in total. The summed E-state index contributed by atoms with van der Waals surface area (Å²) in [7, 11) is 0. The van der Waals surface area contributed by atoms with Gasteiger partial charge in [0.15, 0.2) is 0 Å². The number of hydrogen-bond acceptors (Lipinski definition) is 5. The number of carbonyl (C=O) groups is 1. The van der Waals surface area contributed by atoms with Crippen LogP contribution in [0.25, 0.3) is 0 Å². The first kappa shape index (κ1) is 34.4. The van der Waals surface area contributed by atoms with Gasteiger partial charge >= 0.3 is 5.97 Å². The second-order valence-electron chi connectivity index (χ2n) is 13.3. The van der Waals surface area contributed by atoms with Gasteiger partial charge in [0, 0.05) is 19.6 Å². The summed E-state index contributed by atoms with van der Waals surface area (Å²) in [6, 6.07) is 0. The molecule has 0 amide bonds. The van der Waals surface area contributed by atoms with Crippen molar-refractivity contribution in [1.82, 2.24) is 5.06 Å². The van der Waals surface area contributed by atoms with E-state index in [2.05, 4.69) is 55.4 Å². The minimum absolute atomic E-state index is 0.0624. The van der Waals surface area contributed by atoms with Crippen molar-refractivity contribution in [3.05, 3.63) is 0 Å². The number of hydrogen-bond donors (Lipinski definition) is 0. The molecular formula is C32H63NO4. The fraction of sp³-hybridized carbons (Fsp3) is 0.969. The topological polar surface area (TPSA) is 48.0 Å². The van der Waals surface area contributed by atoms with Crippen LogP contribution in [0.3, 0.4) is 0 Å². The highest BCUT2D eigenvalue weighted by atomic mass is 16.7. The summed E-state index contributed by atoms with van der Waals surface area (Å²) in [6.07, 6.45) is 18.5. The van der Waals surface area contributed by atoms with Crippen molar-refractivity contribution < 1.29 is 19.1 Å². The fourth-order valence-electron chi connectivity index (χ4n) is 5.72. The fourth-order valence-corrected chi connectivity index (χ4v) is 5.72. The number of rotatable bonds is 21. The lowest BCUT2D eigenvalue weighted by atomic mass is 9.82. The van der Waals surface area contributed by atoms with Crippen molar-refractivity contribution in [3.8, 4) is 0 Å². The smallest absolute Gasteiger partial charge is 0.325 e. The minimum atomic E-state index is -0.176. The van der Waals surface area contributed by atoms with Gasteiger partial charge in [-0.3, -0.25) is 4.79 Å². The van der Waals surface area contributed by atoms with Crippen LogP contribution >= 0.6 is 0 Å². The summed E-state index contributed by atoms with van der Waals surface area (Å²) in [6.45, 7) is 19.8. The van der Waals surface area contributed by atoms with Crippen molar-refractivity contribution in [3.63, 3.8) is 0 Å². The Morgan fingerprint density at radius 2 is 1.41 bits per heavy atom. The van der Waals surface area contributed by atoms with Crippen LogP contribution in [0.15, 0.2) is 0 Å². The number of hydroxylamine groups is 2. The lowest BCUT2D eigenvalue weighted by molar-refractivity contribution is -0.265. The number of piperidine rings is 1. The van der Waals surface area contributed by atoms with Crippen LogP contribution in [0.5, 0.6) is 0 Å². The molecule has 0 aromatic rings. The van der Waals surface area contributed by atoms with Crippen LogP contribution in [0.2, 0.25) is 0 Å². The van der Waals surface area contributed by atoms with E-state index in [0.29, 0.717) is 13.0 Å². The Hall–Kier alpha value is -0.650. The lowest BCUT2D eigenvalue weighted by Crippen LogP contribution is -2.58. The molecule has 37 heavy (non-hydrogen) atoms. The van der Waals surface area contributed by atoms with E-state index in [4.69, 9.17) is 14.3 Å². The third-order valence-corrected chi connectivity index (χ3v) is 7.99. The van der Waals surface area contributed by atoms with Gasteiger partial charge in [-0.1, -0.05) is 65.2 Å². The zero-order valence-corrected chi connectivity index (χ0v) is 26.1. The summed E-state index contributed by atoms with van der Waals surface area (Å²) in [4.78, 5) is 18.3. The van der Waals surface area contributed by atoms with E-state index in [1.807, 2.05) is 5.06 Å². The van der Waals surface area contributed by atoms with Crippen molar-refractivity contribution in [2.75, 3.05) is 19.8 Å². The summed E-state index contributed by atoms with van der Waals surface area (Å²) >= 11 is 0. The van der Waals surface area contributed by atoms with Crippen LogP contribution in [0, 0.1) is 5.92 Å². The van der Waals surface area contributed by atoms with E-state index in [9.17, 15) is 4.79 Å². The Balaban J connectivity index is 2.03. The van der Waals surface area contributed by atoms with Crippen molar-refractivity contribution in [2.45, 2.75) is 175 Å². The first-order chi connectivity index (χ1) is 17.4. The molecule has 0 aliphatic carbocycles. The SMILES string of the molecule is CCCOC(C)(C)COCCCC(CC)CCCCCCCCCC(=O)ON1C(C)(C)CCCC1(C)C. The molecule has 0 spiro atoms. The van der Waals surface area contributed by atoms with E-state index >= 15 is 0 Å².